The Labute approximate surface area is 268 Å². The molecule has 3 aliphatic rings. The topological polar surface area (TPSA) is 183 Å². The van der Waals surface area contributed by atoms with Crippen molar-refractivity contribution < 1.29 is 39.5 Å². The summed E-state index contributed by atoms with van der Waals surface area (Å²) in [5, 5.41) is 49.8. The van der Waals surface area contributed by atoms with Crippen molar-refractivity contribution in [3.05, 3.63) is 63.9 Å². The van der Waals surface area contributed by atoms with E-state index >= 15 is 0 Å². The quantitative estimate of drug-likeness (QED) is 0.236. The largest absolute Gasteiger partial charge is 0.508 e. The number of phenolic OH excluding ortho intramolecular Hbond substituents is 1. The number of ether oxygens (including phenoxy) is 1. The smallest absolute Gasteiger partial charge is 0.255 e. The number of nitrogens with one attached hydrogen (secondary N) is 1. The molecule has 1 fully saturated rings. The number of likely N-dealkylation sites (N-methyl/N-ethyl adjacent to an activating group) is 1. The first-order valence-electron chi connectivity index (χ1n) is 15.3. The van der Waals surface area contributed by atoms with Crippen molar-refractivity contribution in [1.82, 2.24) is 10.2 Å². The minimum Gasteiger partial charge on any atom is -0.508 e. The molecule has 46 heavy (non-hydrogen) atoms. The minimum atomic E-state index is -2.77. The van der Waals surface area contributed by atoms with Gasteiger partial charge in [0.15, 0.2) is 11.4 Å². The van der Waals surface area contributed by atoms with E-state index in [2.05, 4.69) is 19.2 Å². The van der Waals surface area contributed by atoms with Crippen molar-refractivity contribution in [1.29, 1.82) is 0 Å². The van der Waals surface area contributed by atoms with Crippen LogP contribution in [0.15, 0.2) is 47.2 Å². The van der Waals surface area contributed by atoms with Gasteiger partial charge in [-0.2, -0.15) is 0 Å². The average molecular weight is 634 g/mol. The summed E-state index contributed by atoms with van der Waals surface area (Å²) in [5.74, 6) is -4.08. The number of aliphatic hydroxyl groups excluding tert-OH is 2. The Balaban J connectivity index is 1.75. The second kappa shape index (κ2) is 11.3. The van der Waals surface area contributed by atoms with E-state index < -0.39 is 57.0 Å². The number of hydrogen-bond donors (Lipinski definition) is 6. The van der Waals surface area contributed by atoms with Gasteiger partial charge >= 0.3 is 0 Å². The van der Waals surface area contributed by atoms with E-state index in [1.807, 2.05) is 18.2 Å². The highest BCUT2D eigenvalue weighted by molar-refractivity contribution is 6.25. The molecule has 2 aromatic carbocycles. The molecule has 0 aromatic heterocycles. The van der Waals surface area contributed by atoms with Crippen molar-refractivity contribution >= 4 is 23.2 Å². The number of phenols is 1. The van der Waals surface area contributed by atoms with E-state index in [4.69, 9.17) is 10.5 Å². The lowest BCUT2D eigenvalue weighted by Crippen LogP contribution is -2.72. The molecule has 11 nitrogen and oxygen atoms in total. The fourth-order valence-electron chi connectivity index (χ4n) is 8.16. The van der Waals surface area contributed by atoms with E-state index in [-0.39, 0.29) is 29.7 Å². The summed E-state index contributed by atoms with van der Waals surface area (Å²) in [4.78, 5) is 42.0. The van der Waals surface area contributed by atoms with E-state index in [1.165, 1.54) is 17.9 Å². The summed E-state index contributed by atoms with van der Waals surface area (Å²) in [6.45, 7) is 8.97. The van der Waals surface area contributed by atoms with Crippen LogP contribution in [0, 0.1) is 16.7 Å². The van der Waals surface area contributed by atoms with E-state index in [1.54, 1.807) is 34.2 Å². The van der Waals surface area contributed by atoms with Gasteiger partial charge in [0.2, 0.25) is 5.78 Å². The highest BCUT2D eigenvalue weighted by Gasteiger charge is 2.72. The Hall–Kier alpha value is -4.19. The number of fused-ring (bicyclic) bond motifs is 3. The van der Waals surface area contributed by atoms with Crippen molar-refractivity contribution in [3.63, 3.8) is 0 Å². The minimum absolute atomic E-state index is 0.0190. The zero-order valence-electron chi connectivity index (χ0n) is 27.3. The first-order chi connectivity index (χ1) is 21.4. The van der Waals surface area contributed by atoms with Crippen LogP contribution in [0.1, 0.15) is 50.8 Å². The molecule has 0 unspecified atom stereocenters. The van der Waals surface area contributed by atoms with Crippen LogP contribution in [0.5, 0.6) is 11.5 Å². The van der Waals surface area contributed by atoms with Gasteiger partial charge in [-0.3, -0.25) is 19.3 Å². The molecule has 0 bridgehead atoms. The Bertz CT molecular complexity index is 1730. The Morgan fingerprint density at radius 3 is 2.37 bits per heavy atom. The molecule has 5 rings (SSSR count). The van der Waals surface area contributed by atoms with Gasteiger partial charge in [-0.25, -0.2) is 0 Å². The number of aromatic hydroxyl groups is 1. The standard InChI is InChI=1S/C35H43N3O8/c1-17(2)14-37-15-18-8-11-23(46-7)20(12-18)19-9-10-22(39)24-21(19)13-33(3)16-34(4)29(38(5)6)28(41)25(32(36)44)30(42)35(34,45)31(43)26(33)27(24)40/h8-12,17,29,37,39-40,42,45H,13-16H2,1-7H3,(H2,36,44)/t29-,33+,34+,35-/m1/s1. The second-order valence-electron chi connectivity index (χ2n) is 14.0. The lowest BCUT2D eigenvalue weighted by molar-refractivity contribution is -0.175. The van der Waals surface area contributed by atoms with Crippen LogP contribution in [-0.2, 0) is 27.3 Å². The van der Waals surface area contributed by atoms with Crippen molar-refractivity contribution in [3.8, 4) is 22.6 Å². The summed E-state index contributed by atoms with van der Waals surface area (Å²) in [5.41, 5.74) is 1.75. The average Bonchev–Trinajstić information content (AvgIpc) is 2.94. The van der Waals surface area contributed by atoms with Crippen LogP contribution in [0.3, 0.4) is 0 Å². The normalized spacial score (nSPS) is 27.6. The fraction of sp³-hybridized carbons (Fsp3) is 0.457. The molecular formula is C35H43N3O8. The third-order valence-corrected chi connectivity index (χ3v) is 9.95. The maximum Gasteiger partial charge on any atom is 0.255 e. The summed E-state index contributed by atoms with van der Waals surface area (Å²) in [7, 11) is 4.71. The second-order valence-corrected chi connectivity index (χ2v) is 14.0. The molecule has 0 spiro atoms. The molecule has 0 heterocycles. The molecule has 11 heteroatoms. The lowest BCUT2D eigenvalue weighted by Gasteiger charge is -2.59. The number of Topliss-reactive ketones (excluding diaryl/α,β-unsaturated/α-hetero) is 2. The first-order valence-corrected chi connectivity index (χ1v) is 15.3. The van der Waals surface area contributed by atoms with Crippen LogP contribution in [-0.4, -0.2) is 82.2 Å². The summed E-state index contributed by atoms with van der Waals surface area (Å²) >= 11 is 0. The molecule has 3 aliphatic carbocycles. The molecular weight excluding hydrogens is 590 g/mol. The molecule has 0 radical (unpaired) electrons. The molecule has 0 saturated heterocycles. The number of aliphatic hydroxyl groups is 3. The number of hydrogen-bond acceptors (Lipinski definition) is 10. The summed E-state index contributed by atoms with van der Waals surface area (Å²) in [6, 6.07) is 7.75. The van der Waals surface area contributed by atoms with E-state index in [9.17, 15) is 34.8 Å². The van der Waals surface area contributed by atoms with E-state index in [0.29, 0.717) is 29.3 Å². The third-order valence-electron chi connectivity index (χ3n) is 9.95. The molecule has 7 N–H and O–H groups in total. The molecule has 1 saturated carbocycles. The summed E-state index contributed by atoms with van der Waals surface area (Å²) in [6.07, 6.45) is 0.0699. The highest BCUT2D eigenvalue weighted by atomic mass is 16.5. The number of primary amides is 1. The zero-order chi connectivity index (χ0) is 34.1. The van der Waals surface area contributed by atoms with Crippen LogP contribution < -0.4 is 15.8 Å². The number of carbonyl (C=O) groups excluding carboxylic acids is 3. The number of rotatable bonds is 8. The van der Waals surface area contributed by atoms with Gasteiger partial charge in [0, 0.05) is 28.5 Å². The third kappa shape index (κ3) is 4.63. The fourth-order valence-corrected chi connectivity index (χ4v) is 8.16. The molecule has 4 atom stereocenters. The molecule has 2 aromatic rings. The maximum absolute atomic E-state index is 14.5. The number of carbonyl (C=O) groups is 3. The maximum atomic E-state index is 14.5. The molecule has 0 aliphatic heterocycles. The van der Waals surface area contributed by atoms with Crippen LogP contribution in [0.4, 0.5) is 0 Å². The number of amides is 1. The van der Waals surface area contributed by atoms with Gasteiger partial charge < -0.3 is 36.2 Å². The molecule has 1 amide bonds. The predicted octanol–water partition coefficient (Wildman–Crippen LogP) is 3.17. The van der Waals surface area contributed by atoms with Crippen molar-refractivity contribution in [2.75, 3.05) is 27.7 Å². The number of nitrogens with two attached hydrogens (primary N) is 1. The number of benzene rings is 2. The Kier molecular flexibility index (Phi) is 8.12. The van der Waals surface area contributed by atoms with Crippen molar-refractivity contribution in [2.45, 2.75) is 58.7 Å². The highest BCUT2D eigenvalue weighted by Crippen LogP contribution is 2.63. The Morgan fingerprint density at radius 2 is 1.78 bits per heavy atom. The van der Waals surface area contributed by atoms with Gasteiger partial charge in [0.25, 0.3) is 5.91 Å². The Morgan fingerprint density at radius 1 is 1.11 bits per heavy atom. The lowest BCUT2D eigenvalue weighted by atomic mass is 9.46. The monoisotopic (exact) mass is 633 g/mol. The van der Waals surface area contributed by atoms with E-state index in [0.717, 1.165) is 17.7 Å². The molecule has 246 valence electrons. The predicted molar refractivity (Wildman–Crippen MR) is 172 cm³/mol. The number of ketones is 2. The van der Waals surface area contributed by atoms with Gasteiger partial charge in [0.1, 0.15) is 28.6 Å². The van der Waals surface area contributed by atoms with Gasteiger partial charge in [-0.1, -0.05) is 39.8 Å². The zero-order valence-corrected chi connectivity index (χ0v) is 27.3. The SMILES string of the molecule is COc1ccc(CNCC(C)C)cc1-c1ccc(O)c2c1C[C@@]1(C)C[C@@]3(C)[C@H](N(C)C)C(=O)C(C(N)=O)=C(O)[C@@]3(O)C(=O)C1=C2O. The van der Waals surface area contributed by atoms with Gasteiger partial charge in [-0.05, 0) is 74.3 Å². The van der Waals surface area contributed by atoms with Crippen molar-refractivity contribution in [2.24, 2.45) is 22.5 Å². The number of methoxy groups -OCH3 is 1. The number of nitrogens with zero attached hydrogens (tertiary/aromatic N) is 1. The van der Waals surface area contributed by atoms with Gasteiger partial charge in [0.05, 0.1) is 18.7 Å². The first kappa shape index (κ1) is 33.2. The van der Waals surface area contributed by atoms with Crippen LogP contribution >= 0.6 is 0 Å². The van der Waals surface area contributed by atoms with Gasteiger partial charge in [-0.15, -0.1) is 0 Å². The van der Waals surface area contributed by atoms with Crippen LogP contribution in [0.2, 0.25) is 0 Å². The van der Waals surface area contributed by atoms with Crippen LogP contribution in [0.25, 0.3) is 16.9 Å². The summed E-state index contributed by atoms with van der Waals surface area (Å²) < 4.78 is 5.73.